The summed E-state index contributed by atoms with van der Waals surface area (Å²) in [6.45, 7) is 0. The molecule has 0 saturated heterocycles. The Bertz CT molecular complexity index is 749. The Balaban J connectivity index is 3.29. The summed E-state index contributed by atoms with van der Waals surface area (Å²) in [5.41, 5.74) is -2.01. The Morgan fingerprint density at radius 2 is 1.54 bits per heavy atom. The van der Waals surface area contributed by atoms with Gasteiger partial charge in [-0.25, -0.2) is 4.79 Å². The third kappa shape index (κ3) is 5.69. The first-order chi connectivity index (χ1) is 13.1. The molecule has 0 heterocycles. The normalized spacial score (nSPS) is 13.1. The topological polar surface area (TPSA) is 108 Å². The van der Waals surface area contributed by atoms with Gasteiger partial charge in [-0.3, -0.25) is 14.4 Å². The van der Waals surface area contributed by atoms with Crippen LogP contribution >= 0.6 is 0 Å². The second kappa shape index (κ2) is 9.72. The second-order valence-electron chi connectivity index (χ2n) is 5.43. The molecular formula is C17H18F3NO7. The summed E-state index contributed by atoms with van der Waals surface area (Å²) >= 11 is 0. The molecule has 0 aliphatic heterocycles. The maximum absolute atomic E-state index is 13.1. The van der Waals surface area contributed by atoms with E-state index in [4.69, 9.17) is 0 Å². The molecule has 1 aromatic carbocycles. The lowest BCUT2D eigenvalue weighted by molar-refractivity contribution is -0.158. The zero-order chi connectivity index (χ0) is 21.5. The molecule has 0 aliphatic carbocycles. The SMILES string of the molecule is COC(=O)C[C@H](C(=O)OC)[C@H](NC(=O)c1ccccc1C(F)(F)F)C(=O)OC. The van der Waals surface area contributed by atoms with E-state index in [9.17, 15) is 32.3 Å². The first-order valence-electron chi connectivity index (χ1n) is 7.76. The first-order valence-corrected chi connectivity index (χ1v) is 7.76. The Kier molecular flexibility index (Phi) is 7.96. The fourth-order valence-corrected chi connectivity index (χ4v) is 2.35. The molecule has 0 aromatic heterocycles. The number of halogens is 3. The molecule has 8 nitrogen and oxygen atoms in total. The van der Waals surface area contributed by atoms with Gasteiger partial charge in [0.2, 0.25) is 0 Å². The molecule has 0 spiro atoms. The van der Waals surface area contributed by atoms with Gasteiger partial charge in [0.15, 0.2) is 0 Å². The quantitative estimate of drug-likeness (QED) is 0.539. The molecule has 11 heteroatoms. The van der Waals surface area contributed by atoms with Crippen molar-refractivity contribution in [1.29, 1.82) is 0 Å². The fourth-order valence-electron chi connectivity index (χ4n) is 2.35. The monoisotopic (exact) mass is 405 g/mol. The van der Waals surface area contributed by atoms with Crippen molar-refractivity contribution in [1.82, 2.24) is 5.32 Å². The van der Waals surface area contributed by atoms with Crippen LogP contribution in [0.1, 0.15) is 22.3 Å². The number of benzene rings is 1. The smallest absolute Gasteiger partial charge is 0.417 e. The molecule has 1 amide bonds. The molecule has 1 aromatic rings. The van der Waals surface area contributed by atoms with Crippen LogP contribution < -0.4 is 5.32 Å². The van der Waals surface area contributed by atoms with Crippen molar-refractivity contribution < 1.29 is 46.6 Å². The van der Waals surface area contributed by atoms with Crippen molar-refractivity contribution >= 4 is 23.8 Å². The van der Waals surface area contributed by atoms with Crippen LogP contribution in [0.4, 0.5) is 13.2 Å². The maximum atomic E-state index is 13.1. The van der Waals surface area contributed by atoms with E-state index in [0.717, 1.165) is 33.5 Å². The van der Waals surface area contributed by atoms with Gasteiger partial charge < -0.3 is 19.5 Å². The van der Waals surface area contributed by atoms with Crippen molar-refractivity contribution in [2.24, 2.45) is 5.92 Å². The summed E-state index contributed by atoms with van der Waals surface area (Å²) in [5, 5.41) is 2.02. The van der Waals surface area contributed by atoms with Gasteiger partial charge in [-0.2, -0.15) is 13.2 Å². The van der Waals surface area contributed by atoms with Gasteiger partial charge in [0.1, 0.15) is 6.04 Å². The minimum absolute atomic E-state index is 0.676. The van der Waals surface area contributed by atoms with Gasteiger partial charge in [0.05, 0.1) is 44.8 Å². The van der Waals surface area contributed by atoms with Crippen LogP contribution in [0.15, 0.2) is 24.3 Å². The number of ether oxygens (including phenoxy) is 3. The number of nitrogens with one attached hydrogen (secondary N) is 1. The average Bonchev–Trinajstić information content (AvgIpc) is 2.68. The van der Waals surface area contributed by atoms with Crippen LogP contribution in [-0.2, 0) is 34.8 Å². The van der Waals surface area contributed by atoms with Crippen LogP contribution in [-0.4, -0.2) is 51.2 Å². The Hall–Kier alpha value is -3.11. The van der Waals surface area contributed by atoms with E-state index in [1.165, 1.54) is 6.07 Å². The number of esters is 3. The second-order valence-corrected chi connectivity index (χ2v) is 5.43. The molecule has 0 unspecified atom stereocenters. The predicted molar refractivity (Wildman–Crippen MR) is 86.9 cm³/mol. The lowest BCUT2D eigenvalue weighted by atomic mass is 9.95. The highest BCUT2D eigenvalue weighted by Crippen LogP contribution is 2.32. The molecule has 154 valence electrons. The van der Waals surface area contributed by atoms with Crippen molar-refractivity contribution in [2.75, 3.05) is 21.3 Å². The number of alkyl halides is 3. The summed E-state index contributed by atoms with van der Waals surface area (Å²) in [6.07, 6.45) is -5.51. The van der Waals surface area contributed by atoms with E-state index in [1.54, 1.807) is 0 Å². The van der Waals surface area contributed by atoms with Crippen LogP contribution in [0, 0.1) is 5.92 Å². The molecule has 1 rings (SSSR count). The summed E-state index contributed by atoms with van der Waals surface area (Å²) in [4.78, 5) is 48.1. The molecule has 0 saturated carbocycles. The van der Waals surface area contributed by atoms with Crippen LogP contribution in [0.2, 0.25) is 0 Å². The van der Waals surface area contributed by atoms with Gasteiger partial charge >= 0.3 is 24.1 Å². The van der Waals surface area contributed by atoms with Crippen molar-refractivity contribution in [3.63, 3.8) is 0 Å². The zero-order valence-corrected chi connectivity index (χ0v) is 15.2. The summed E-state index contributed by atoms with van der Waals surface area (Å²) < 4.78 is 52.8. The van der Waals surface area contributed by atoms with E-state index in [0.29, 0.717) is 6.07 Å². The van der Waals surface area contributed by atoms with Gasteiger partial charge in [-0.05, 0) is 12.1 Å². The highest BCUT2D eigenvalue weighted by molar-refractivity contribution is 5.99. The lowest BCUT2D eigenvalue weighted by Crippen LogP contribution is -2.50. The van der Waals surface area contributed by atoms with Crippen molar-refractivity contribution in [3.8, 4) is 0 Å². The Labute approximate surface area is 157 Å². The molecule has 0 aliphatic rings. The van der Waals surface area contributed by atoms with Gasteiger partial charge in [-0.15, -0.1) is 0 Å². The van der Waals surface area contributed by atoms with Gasteiger partial charge in [0, 0.05) is 0 Å². The molecule has 1 N–H and O–H groups in total. The molecule has 28 heavy (non-hydrogen) atoms. The van der Waals surface area contributed by atoms with E-state index in [-0.39, 0.29) is 0 Å². The van der Waals surface area contributed by atoms with E-state index in [1.807, 2.05) is 5.32 Å². The third-order valence-corrected chi connectivity index (χ3v) is 3.74. The number of hydrogen-bond acceptors (Lipinski definition) is 7. The number of amides is 1. The van der Waals surface area contributed by atoms with E-state index in [2.05, 4.69) is 14.2 Å². The number of carbonyl (C=O) groups is 4. The zero-order valence-electron chi connectivity index (χ0n) is 15.2. The van der Waals surface area contributed by atoms with Crippen molar-refractivity contribution in [2.45, 2.75) is 18.6 Å². The summed E-state index contributed by atoms with van der Waals surface area (Å²) in [6, 6.07) is 2.09. The lowest BCUT2D eigenvalue weighted by Gasteiger charge is -2.24. The van der Waals surface area contributed by atoms with E-state index < -0.39 is 59.5 Å². The fraction of sp³-hybridized carbons (Fsp3) is 0.412. The highest BCUT2D eigenvalue weighted by Gasteiger charge is 2.40. The largest absolute Gasteiger partial charge is 0.469 e. The molecule has 0 fully saturated rings. The number of methoxy groups -OCH3 is 3. The molecule has 0 bridgehead atoms. The molecular weight excluding hydrogens is 387 g/mol. The number of carbonyl (C=O) groups excluding carboxylic acids is 4. The Morgan fingerprint density at radius 1 is 0.964 bits per heavy atom. The highest BCUT2D eigenvalue weighted by atomic mass is 19.4. The van der Waals surface area contributed by atoms with Gasteiger partial charge in [-0.1, -0.05) is 12.1 Å². The van der Waals surface area contributed by atoms with Crippen LogP contribution in [0.25, 0.3) is 0 Å². The molecule has 0 radical (unpaired) electrons. The van der Waals surface area contributed by atoms with E-state index >= 15 is 0 Å². The minimum Gasteiger partial charge on any atom is -0.469 e. The minimum atomic E-state index is -4.83. The Morgan fingerprint density at radius 3 is 2.04 bits per heavy atom. The standard InChI is InChI=1S/C17H18F3NO7/c1-26-12(22)8-10(15(24)27-2)13(16(25)28-3)21-14(23)9-6-4-5-7-11(9)17(18,19)20/h4-7,10,13H,8H2,1-3H3,(H,21,23)/t10-,13-/m0/s1. The average molecular weight is 405 g/mol. The van der Waals surface area contributed by atoms with Crippen molar-refractivity contribution in [3.05, 3.63) is 35.4 Å². The maximum Gasteiger partial charge on any atom is 0.417 e. The number of rotatable bonds is 7. The summed E-state index contributed by atoms with van der Waals surface area (Å²) in [7, 11) is 2.95. The molecule has 2 atom stereocenters. The van der Waals surface area contributed by atoms with Gasteiger partial charge in [0.25, 0.3) is 5.91 Å². The number of hydrogen-bond donors (Lipinski definition) is 1. The first kappa shape index (κ1) is 22.9. The van der Waals surface area contributed by atoms with Crippen LogP contribution in [0.3, 0.4) is 0 Å². The third-order valence-electron chi connectivity index (χ3n) is 3.74. The predicted octanol–water partition coefficient (Wildman–Crippen LogP) is 1.33. The van der Waals surface area contributed by atoms with Crippen LogP contribution in [0.5, 0.6) is 0 Å². The summed E-state index contributed by atoms with van der Waals surface area (Å²) in [5.74, 6) is -5.99.